The minimum Gasteiger partial charge on any atom is -0.478 e. The molecular formula is C15H10BrNO3. The summed E-state index contributed by atoms with van der Waals surface area (Å²) in [4.78, 5) is 10.9. The maximum Gasteiger partial charge on any atom is 0.335 e. The Hall–Kier alpha value is -2.32. The second-order valence-electron chi connectivity index (χ2n) is 4.16. The van der Waals surface area contributed by atoms with Gasteiger partial charge in [-0.2, -0.15) is 5.26 Å². The number of hydrogen-bond donors (Lipinski definition) is 1. The molecule has 2 rings (SSSR count). The monoisotopic (exact) mass is 331 g/mol. The van der Waals surface area contributed by atoms with E-state index in [-0.39, 0.29) is 11.1 Å². The molecule has 0 fully saturated rings. The van der Waals surface area contributed by atoms with Crippen LogP contribution in [0.3, 0.4) is 0 Å². The topological polar surface area (TPSA) is 70.3 Å². The van der Waals surface area contributed by atoms with Crippen LogP contribution in [-0.2, 0) is 0 Å². The maximum atomic E-state index is 10.9. The minimum absolute atomic E-state index is 0.0527. The summed E-state index contributed by atoms with van der Waals surface area (Å²) >= 11 is 3.39. The Morgan fingerprint density at radius 2 is 1.95 bits per heavy atom. The molecule has 0 aromatic heterocycles. The molecule has 0 heterocycles. The van der Waals surface area contributed by atoms with Crippen molar-refractivity contribution in [1.29, 1.82) is 5.26 Å². The molecule has 0 unspecified atom stereocenters. The number of aryl methyl sites for hydroxylation is 1. The summed E-state index contributed by atoms with van der Waals surface area (Å²) in [5.74, 6) is -0.193. The standard InChI is InChI=1S/C15H10BrNO3/c1-9-2-4-14(12(16)6-9)20-13-5-3-10(15(18)19)7-11(13)8-17/h2-7H,1H3,(H,18,19). The van der Waals surface area contributed by atoms with E-state index in [4.69, 9.17) is 15.1 Å². The van der Waals surface area contributed by atoms with Gasteiger partial charge < -0.3 is 9.84 Å². The largest absolute Gasteiger partial charge is 0.478 e. The third-order valence-corrected chi connectivity index (χ3v) is 3.27. The number of hydrogen-bond acceptors (Lipinski definition) is 3. The molecule has 0 saturated carbocycles. The van der Waals surface area contributed by atoms with Gasteiger partial charge in [0, 0.05) is 0 Å². The summed E-state index contributed by atoms with van der Waals surface area (Å²) in [7, 11) is 0. The van der Waals surface area contributed by atoms with Gasteiger partial charge in [0.2, 0.25) is 0 Å². The molecular weight excluding hydrogens is 322 g/mol. The summed E-state index contributed by atoms with van der Waals surface area (Å²) in [5, 5.41) is 18.0. The number of nitriles is 1. The first-order chi connectivity index (χ1) is 9.51. The Kier molecular flexibility index (Phi) is 4.06. The lowest BCUT2D eigenvalue weighted by atomic mass is 10.1. The SMILES string of the molecule is Cc1ccc(Oc2ccc(C(=O)O)cc2C#N)c(Br)c1. The number of aromatic carboxylic acids is 1. The molecule has 5 heteroatoms. The Bertz CT molecular complexity index is 720. The van der Waals surface area contributed by atoms with Crippen molar-refractivity contribution >= 4 is 21.9 Å². The van der Waals surface area contributed by atoms with E-state index in [0.29, 0.717) is 11.5 Å². The van der Waals surface area contributed by atoms with Crippen LogP contribution < -0.4 is 4.74 Å². The number of carboxylic acids is 1. The van der Waals surface area contributed by atoms with Gasteiger partial charge in [0.25, 0.3) is 0 Å². The molecule has 0 aliphatic heterocycles. The Balaban J connectivity index is 2.39. The van der Waals surface area contributed by atoms with Gasteiger partial charge >= 0.3 is 5.97 Å². The lowest BCUT2D eigenvalue weighted by Crippen LogP contribution is -1.98. The average molecular weight is 332 g/mol. The Morgan fingerprint density at radius 3 is 2.55 bits per heavy atom. The highest BCUT2D eigenvalue weighted by molar-refractivity contribution is 9.10. The van der Waals surface area contributed by atoms with E-state index < -0.39 is 5.97 Å². The van der Waals surface area contributed by atoms with Gasteiger partial charge in [-0.05, 0) is 58.7 Å². The van der Waals surface area contributed by atoms with Crippen LogP contribution in [-0.4, -0.2) is 11.1 Å². The number of halogens is 1. The quantitative estimate of drug-likeness (QED) is 0.918. The number of carboxylic acid groups (broad SMARTS) is 1. The number of benzene rings is 2. The van der Waals surface area contributed by atoms with Gasteiger partial charge in [-0.25, -0.2) is 4.79 Å². The average Bonchev–Trinajstić information content (AvgIpc) is 2.42. The predicted octanol–water partition coefficient (Wildman–Crippen LogP) is 4.12. The fourth-order valence-corrected chi connectivity index (χ4v) is 2.22. The predicted molar refractivity (Wildman–Crippen MR) is 77.1 cm³/mol. The zero-order chi connectivity index (χ0) is 14.7. The van der Waals surface area contributed by atoms with Gasteiger partial charge in [0.1, 0.15) is 17.6 Å². The molecule has 0 amide bonds. The Labute approximate surface area is 124 Å². The zero-order valence-corrected chi connectivity index (χ0v) is 12.1. The third-order valence-electron chi connectivity index (χ3n) is 2.65. The van der Waals surface area contributed by atoms with Crippen molar-refractivity contribution < 1.29 is 14.6 Å². The molecule has 0 atom stereocenters. The second-order valence-corrected chi connectivity index (χ2v) is 5.02. The molecule has 0 saturated heterocycles. The highest BCUT2D eigenvalue weighted by Gasteiger charge is 2.11. The zero-order valence-electron chi connectivity index (χ0n) is 10.6. The van der Waals surface area contributed by atoms with Crippen molar-refractivity contribution in [3.05, 3.63) is 57.6 Å². The van der Waals surface area contributed by atoms with Crippen LogP contribution in [0.4, 0.5) is 0 Å². The summed E-state index contributed by atoms with van der Waals surface area (Å²) in [6, 6.07) is 11.7. The van der Waals surface area contributed by atoms with Crippen molar-refractivity contribution in [3.8, 4) is 17.6 Å². The van der Waals surface area contributed by atoms with E-state index in [9.17, 15) is 4.79 Å². The molecule has 100 valence electrons. The van der Waals surface area contributed by atoms with Crippen LogP contribution in [0.1, 0.15) is 21.5 Å². The molecule has 0 spiro atoms. The maximum absolute atomic E-state index is 10.9. The van der Waals surface area contributed by atoms with E-state index in [1.165, 1.54) is 18.2 Å². The molecule has 0 aliphatic rings. The first kappa shape index (κ1) is 14.1. The highest BCUT2D eigenvalue weighted by atomic mass is 79.9. The van der Waals surface area contributed by atoms with Gasteiger partial charge in [-0.3, -0.25) is 0 Å². The van der Waals surface area contributed by atoms with E-state index in [1.807, 2.05) is 25.1 Å². The molecule has 0 bridgehead atoms. The van der Waals surface area contributed by atoms with Crippen LogP contribution in [0.25, 0.3) is 0 Å². The van der Waals surface area contributed by atoms with E-state index in [0.717, 1.165) is 10.0 Å². The first-order valence-electron chi connectivity index (χ1n) is 5.72. The van der Waals surface area contributed by atoms with Crippen molar-refractivity contribution in [2.75, 3.05) is 0 Å². The van der Waals surface area contributed by atoms with Crippen LogP contribution in [0.2, 0.25) is 0 Å². The number of nitrogens with zero attached hydrogens (tertiary/aromatic N) is 1. The van der Waals surface area contributed by atoms with Crippen molar-refractivity contribution in [3.63, 3.8) is 0 Å². The summed E-state index contributed by atoms with van der Waals surface area (Å²) in [6.45, 7) is 1.96. The normalized spacial score (nSPS) is 9.85. The number of ether oxygens (including phenoxy) is 1. The van der Waals surface area contributed by atoms with Gasteiger partial charge in [0.05, 0.1) is 15.6 Å². The minimum atomic E-state index is -1.08. The lowest BCUT2D eigenvalue weighted by molar-refractivity contribution is 0.0697. The first-order valence-corrected chi connectivity index (χ1v) is 6.52. The Morgan fingerprint density at radius 1 is 1.25 bits per heavy atom. The molecule has 1 N–H and O–H groups in total. The molecule has 20 heavy (non-hydrogen) atoms. The van der Waals surface area contributed by atoms with Crippen LogP contribution >= 0.6 is 15.9 Å². The van der Waals surface area contributed by atoms with E-state index in [1.54, 1.807) is 6.07 Å². The summed E-state index contributed by atoms with van der Waals surface area (Å²) in [5.41, 5.74) is 1.31. The van der Waals surface area contributed by atoms with Crippen molar-refractivity contribution in [1.82, 2.24) is 0 Å². The molecule has 2 aromatic carbocycles. The molecule has 2 aromatic rings. The van der Waals surface area contributed by atoms with Crippen molar-refractivity contribution in [2.45, 2.75) is 6.92 Å². The van der Waals surface area contributed by atoms with Crippen LogP contribution in [0.5, 0.6) is 11.5 Å². The van der Waals surface area contributed by atoms with Gasteiger partial charge in [-0.1, -0.05) is 6.07 Å². The summed E-state index contributed by atoms with van der Waals surface area (Å²) < 4.78 is 6.43. The molecule has 0 radical (unpaired) electrons. The summed E-state index contributed by atoms with van der Waals surface area (Å²) in [6.07, 6.45) is 0. The van der Waals surface area contributed by atoms with Crippen LogP contribution in [0.15, 0.2) is 40.9 Å². The fraction of sp³-hybridized carbons (Fsp3) is 0.0667. The van der Waals surface area contributed by atoms with Crippen LogP contribution in [0, 0.1) is 18.3 Å². The van der Waals surface area contributed by atoms with Gasteiger partial charge in [0.15, 0.2) is 0 Å². The lowest BCUT2D eigenvalue weighted by Gasteiger charge is -2.10. The van der Waals surface area contributed by atoms with Crippen molar-refractivity contribution in [2.24, 2.45) is 0 Å². The number of carbonyl (C=O) groups is 1. The fourth-order valence-electron chi connectivity index (χ4n) is 1.65. The molecule has 4 nitrogen and oxygen atoms in total. The molecule has 0 aliphatic carbocycles. The third kappa shape index (κ3) is 2.98. The van der Waals surface area contributed by atoms with E-state index >= 15 is 0 Å². The number of rotatable bonds is 3. The highest BCUT2D eigenvalue weighted by Crippen LogP contribution is 2.32. The van der Waals surface area contributed by atoms with Gasteiger partial charge in [-0.15, -0.1) is 0 Å². The van der Waals surface area contributed by atoms with E-state index in [2.05, 4.69) is 15.9 Å². The second kappa shape index (κ2) is 5.76. The smallest absolute Gasteiger partial charge is 0.335 e.